The normalized spacial score (nSPS) is 15.4. The van der Waals surface area contributed by atoms with Crippen molar-refractivity contribution in [3.8, 4) is 5.75 Å². The van der Waals surface area contributed by atoms with Crippen LogP contribution in [0.1, 0.15) is 42.8 Å². The average molecular weight is 545 g/mol. The maximum Gasteiger partial charge on any atom is 0.338 e. The lowest BCUT2D eigenvalue weighted by Crippen LogP contribution is -2.39. The van der Waals surface area contributed by atoms with Gasteiger partial charge in [-0.3, -0.25) is 9.36 Å². The maximum atomic E-state index is 13.7. The van der Waals surface area contributed by atoms with Crippen LogP contribution in [-0.4, -0.2) is 17.1 Å². The van der Waals surface area contributed by atoms with Crippen LogP contribution in [0, 0.1) is 5.92 Å². The predicted molar refractivity (Wildman–Crippen MR) is 151 cm³/mol. The van der Waals surface area contributed by atoms with Crippen molar-refractivity contribution in [3.05, 3.63) is 119 Å². The first kappa shape index (κ1) is 25.9. The Kier molecular flexibility index (Phi) is 7.72. The van der Waals surface area contributed by atoms with Gasteiger partial charge < -0.3 is 9.47 Å². The molecule has 6 nitrogen and oxygen atoms in total. The quantitative estimate of drug-likeness (QED) is 0.290. The maximum absolute atomic E-state index is 13.7. The molecule has 5 rings (SSSR count). The number of nitrogens with zero attached hydrogens (tertiary/aromatic N) is 2. The molecule has 8 heteroatoms. The molecule has 38 heavy (non-hydrogen) atoms. The number of aromatic nitrogens is 1. The monoisotopic (exact) mass is 544 g/mol. The number of ether oxygens (including phenoxy) is 2. The molecule has 0 spiro atoms. The third-order valence-electron chi connectivity index (χ3n) is 6.03. The molecule has 2 aromatic carbocycles. The number of hydrogen-bond donors (Lipinski definition) is 0. The van der Waals surface area contributed by atoms with E-state index in [1.807, 2.05) is 92.0 Å². The van der Waals surface area contributed by atoms with Crippen LogP contribution < -0.4 is 19.6 Å². The number of carbonyl (C=O) groups excluding carboxylic acids is 1. The first-order valence-electron chi connectivity index (χ1n) is 12.4. The molecule has 2 aromatic heterocycles. The number of allylic oxidation sites excluding steroid dienone is 1. The van der Waals surface area contributed by atoms with Crippen LogP contribution in [0.4, 0.5) is 0 Å². The summed E-state index contributed by atoms with van der Waals surface area (Å²) in [5.74, 6) is 0.528. The van der Waals surface area contributed by atoms with E-state index in [-0.39, 0.29) is 11.5 Å². The molecule has 0 aliphatic carbocycles. The second-order valence-electron chi connectivity index (χ2n) is 9.43. The first-order valence-corrected chi connectivity index (χ1v) is 14.1. The molecule has 0 bridgehead atoms. The first-order chi connectivity index (χ1) is 18.4. The van der Waals surface area contributed by atoms with Gasteiger partial charge in [0.1, 0.15) is 18.4 Å². The summed E-state index contributed by atoms with van der Waals surface area (Å²) in [7, 11) is 0. The Morgan fingerprint density at radius 3 is 2.53 bits per heavy atom. The number of carbonyl (C=O) groups is 1. The van der Waals surface area contributed by atoms with Crippen molar-refractivity contribution in [2.45, 2.75) is 33.4 Å². The zero-order valence-electron chi connectivity index (χ0n) is 21.4. The number of thiazole rings is 1. The SMILES string of the molecule is CC1=C(C(=O)OCC(C)C)[C@@H](c2cccs2)n2c(s/c(=C/c3ccc(OCc4ccccc4)cc3)c2=O)=N1. The average Bonchev–Trinajstić information content (AvgIpc) is 3.55. The molecule has 1 atom stereocenters. The van der Waals surface area contributed by atoms with Gasteiger partial charge in [-0.15, -0.1) is 11.3 Å². The van der Waals surface area contributed by atoms with Gasteiger partial charge in [0.15, 0.2) is 4.80 Å². The van der Waals surface area contributed by atoms with Crippen LogP contribution in [0.25, 0.3) is 6.08 Å². The Labute approximate surface area is 228 Å². The van der Waals surface area contributed by atoms with E-state index in [9.17, 15) is 9.59 Å². The summed E-state index contributed by atoms with van der Waals surface area (Å²) >= 11 is 2.82. The zero-order chi connectivity index (χ0) is 26.6. The molecule has 0 radical (unpaired) electrons. The van der Waals surface area contributed by atoms with E-state index >= 15 is 0 Å². The summed E-state index contributed by atoms with van der Waals surface area (Å²) in [6.45, 7) is 6.58. The minimum atomic E-state index is -0.568. The number of esters is 1. The van der Waals surface area contributed by atoms with Crippen LogP contribution in [0.5, 0.6) is 5.75 Å². The number of rotatable bonds is 8. The van der Waals surface area contributed by atoms with Gasteiger partial charge in [0.05, 0.1) is 22.4 Å². The second-order valence-corrected chi connectivity index (χ2v) is 11.4. The Hall–Kier alpha value is -3.75. The molecular formula is C30H28N2O4S2. The molecule has 0 fully saturated rings. The minimum absolute atomic E-state index is 0.182. The topological polar surface area (TPSA) is 69.9 Å². The smallest absolute Gasteiger partial charge is 0.338 e. The fraction of sp³-hybridized carbons (Fsp3) is 0.233. The van der Waals surface area contributed by atoms with Crippen molar-refractivity contribution < 1.29 is 14.3 Å². The Balaban J connectivity index is 1.46. The third kappa shape index (κ3) is 5.56. The number of hydrogen-bond acceptors (Lipinski definition) is 7. The van der Waals surface area contributed by atoms with Gasteiger partial charge >= 0.3 is 5.97 Å². The van der Waals surface area contributed by atoms with Crippen LogP contribution >= 0.6 is 22.7 Å². The van der Waals surface area contributed by atoms with Gasteiger partial charge in [0.25, 0.3) is 5.56 Å². The van der Waals surface area contributed by atoms with E-state index < -0.39 is 12.0 Å². The Bertz CT molecular complexity index is 1630. The molecule has 0 saturated heterocycles. The summed E-state index contributed by atoms with van der Waals surface area (Å²) in [4.78, 5) is 32.9. The van der Waals surface area contributed by atoms with E-state index in [1.165, 1.54) is 22.7 Å². The highest BCUT2D eigenvalue weighted by atomic mass is 32.1. The molecule has 0 unspecified atom stereocenters. The van der Waals surface area contributed by atoms with Crippen LogP contribution in [0.3, 0.4) is 0 Å². The van der Waals surface area contributed by atoms with Gasteiger partial charge in [-0.25, -0.2) is 9.79 Å². The molecule has 0 saturated carbocycles. The summed E-state index contributed by atoms with van der Waals surface area (Å²) < 4.78 is 13.6. The summed E-state index contributed by atoms with van der Waals surface area (Å²) in [6, 6.07) is 20.9. The fourth-order valence-corrected chi connectivity index (χ4v) is 6.04. The predicted octanol–water partition coefficient (Wildman–Crippen LogP) is 5.07. The lowest BCUT2D eigenvalue weighted by atomic mass is 10.0. The van der Waals surface area contributed by atoms with E-state index in [0.717, 1.165) is 21.8 Å². The van der Waals surface area contributed by atoms with E-state index in [2.05, 4.69) is 4.99 Å². The van der Waals surface area contributed by atoms with Crippen LogP contribution in [0.2, 0.25) is 0 Å². The molecule has 0 N–H and O–H groups in total. The minimum Gasteiger partial charge on any atom is -0.489 e. The molecular weight excluding hydrogens is 516 g/mol. The molecule has 194 valence electrons. The Morgan fingerprint density at radius 2 is 1.84 bits per heavy atom. The van der Waals surface area contributed by atoms with E-state index in [1.54, 1.807) is 11.5 Å². The second kappa shape index (κ2) is 11.3. The van der Waals surface area contributed by atoms with Crippen molar-refractivity contribution in [2.75, 3.05) is 6.61 Å². The molecule has 1 aliphatic heterocycles. The van der Waals surface area contributed by atoms with Crippen molar-refractivity contribution in [2.24, 2.45) is 10.9 Å². The summed E-state index contributed by atoms with van der Waals surface area (Å²) in [5.41, 5.74) is 2.78. The van der Waals surface area contributed by atoms with E-state index in [0.29, 0.717) is 33.8 Å². The van der Waals surface area contributed by atoms with Gasteiger partial charge in [-0.1, -0.05) is 73.7 Å². The number of benzene rings is 2. The third-order valence-corrected chi connectivity index (χ3v) is 7.94. The van der Waals surface area contributed by atoms with Crippen molar-refractivity contribution >= 4 is 34.7 Å². The highest BCUT2D eigenvalue weighted by Gasteiger charge is 2.34. The standard InChI is InChI=1S/C30H28N2O4S2/c1-19(2)17-36-29(34)26-20(3)31-30-32(27(26)24-10-7-15-37-24)28(33)25(38-30)16-21-11-13-23(14-12-21)35-18-22-8-5-4-6-9-22/h4-16,19,27H,17-18H2,1-3H3/b25-16+/t27-/m1/s1. The largest absolute Gasteiger partial charge is 0.489 e. The fourth-order valence-electron chi connectivity index (χ4n) is 4.17. The molecule has 0 amide bonds. The van der Waals surface area contributed by atoms with Crippen molar-refractivity contribution in [1.29, 1.82) is 0 Å². The highest BCUT2D eigenvalue weighted by molar-refractivity contribution is 7.10. The summed E-state index contributed by atoms with van der Waals surface area (Å²) in [5, 5.41) is 1.94. The van der Waals surface area contributed by atoms with Gasteiger partial charge in [-0.2, -0.15) is 0 Å². The number of thiophene rings is 1. The lowest BCUT2D eigenvalue weighted by Gasteiger charge is -2.23. The highest BCUT2D eigenvalue weighted by Crippen LogP contribution is 2.33. The van der Waals surface area contributed by atoms with Gasteiger partial charge in [0.2, 0.25) is 0 Å². The van der Waals surface area contributed by atoms with Gasteiger partial charge in [-0.05, 0) is 53.6 Å². The summed E-state index contributed by atoms with van der Waals surface area (Å²) in [6.07, 6.45) is 1.85. The zero-order valence-corrected chi connectivity index (χ0v) is 23.1. The number of fused-ring (bicyclic) bond motifs is 1. The van der Waals surface area contributed by atoms with Crippen molar-refractivity contribution in [1.82, 2.24) is 4.57 Å². The molecule has 4 aromatic rings. The van der Waals surface area contributed by atoms with Crippen molar-refractivity contribution in [3.63, 3.8) is 0 Å². The molecule has 1 aliphatic rings. The Morgan fingerprint density at radius 1 is 1.08 bits per heavy atom. The van der Waals surface area contributed by atoms with Crippen LogP contribution in [0.15, 0.2) is 93.2 Å². The molecule has 3 heterocycles. The van der Waals surface area contributed by atoms with Crippen LogP contribution in [-0.2, 0) is 16.1 Å². The lowest BCUT2D eigenvalue weighted by molar-refractivity contribution is -0.140. The van der Waals surface area contributed by atoms with E-state index in [4.69, 9.17) is 9.47 Å². The van der Waals surface area contributed by atoms with Gasteiger partial charge in [0, 0.05) is 4.88 Å².